The lowest BCUT2D eigenvalue weighted by molar-refractivity contribution is 1.46. The molecule has 0 spiro atoms. The highest BCUT2D eigenvalue weighted by atomic mass is 14.3. The Morgan fingerprint density at radius 1 is 0.818 bits per heavy atom. The lowest BCUT2D eigenvalue weighted by Crippen LogP contribution is -1.83. The minimum absolute atomic E-state index is 0.0980. The van der Waals surface area contributed by atoms with Gasteiger partial charge in [0.05, 0.1) is 0 Å². The van der Waals surface area contributed by atoms with Gasteiger partial charge in [0, 0.05) is 0 Å². The fourth-order valence-corrected chi connectivity index (χ4v) is 2.57. The molecule has 2 nitrogen and oxygen atoms in total. The average molecular weight is 280 g/mol. The molecular weight excluding hydrogens is 268 g/mol. The second-order valence-electron chi connectivity index (χ2n) is 4.90. The molecule has 102 valence electrons. The van der Waals surface area contributed by atoms with Gasteiger partial charge in [-0.1, -0.05) is 60.7 Å². The molecule has 0 aliphatic rings. The molecule has 3 aromatic rings. The summed E-state index contributed by atoms with van der Waals surface area (Å²) in [6.45, 7) is 0. The Kier molecular flexibility index (Phi) is 3.69. The summed E-state index contributed by atoms with van der Waals surface area (Å²) < 4.78 is 0. The average Bonchev–Trinajstić information content (AvgIpc) is 2.58. The van der Waals surface area contributed by atoms with E-state index in [1.165, 1.54) is 16.8 Å². The molecule has 0 N–H and O–H groups in total. The summed E-state index contributed by atoms with van der Waals surface area (Å²) in [5.74, 6) is 0. The fourth-order valence-electron chi connectivity index (χ4n) is 2.57. The molecule has 2 heteroatoms. The molecule has 0 saturated heterocycles. The van der Waals surface area contributed by atoms with Crippen LogP contribution in [0.3, 0.4) is 0 Å². The van der Waals surface area contributed by atoms with E-state index < -0.39 is 0 Å². The van der Waals surface area contributed by atoms with Crippen LogP contribution in [0, 0.1) is 22.7 Å². The van der Waals surface area contributed by atoms with Gasteiger partial charge in [-0.15, -0.1) is 0 Å². The first-order valence-corrected chi connectivity index (χ1v) is 6.92. The minimum atomic E-state index is 0.0980. The summed E-state index contributed by atoms with van der Waals surface area (Å²) in [7, 11) is 0. The number of hydrogen-bond acceptors (Lipinski definition) is 2. The summed E-state index contributed by atoms with van der Waals surface area (Å²) in [5, 5.41) is 22.2. The molecule has 3 aromatic carbocycles. The van der Waals surface area contributed by atoms with Crippen LogP contribution in [0.5, 0.6) is 0 Å². The van der Waals surface area contributed by atoms with Gasteiger partial charge in [0.2, 0.25) is 0 Å². The van der Waals surface area contributed by atoms with Crippen molar-refractivity contribution in [3.05, 3.63) is 77.9 Å². The zero-order valence-electron chi connectivity index (χ0n) is 11.8. The number of rotatable bonds is 2. The molecular formula is C20H12N2. The Morgan fingerprint density at radius 2 is 1.36 bits per heavy atom. The lowest BCUT2D eigenvalue weighted by Gasteiger charge is -2.08. The van der Waals surface area contributed by atoms with Crippen LogP contribution in [0.15, 0.2) is 72.3 Å². The molecule has 0 bridgehead atoms. The van der Waals surface area contributed by atoms with E-state index in [0.717, 1.165) is 16.3 Å². The maximum absolute atomic E-state index is 8.79. The third kappa shape index (κ3) is 2.46. The number of fused-ring (bicyclic) bond motifs is 2. The number of allylic oxidation sites excluding steroid dienone is 3. The quantitative estimate of drug-likeness (QED) is 0.377. The zero-order chi connectivity index (χ0) is 15.4. The Morgan fingerprint density at radius 3 is 1.91 bits per heavy atom. The molecule has 0 saturated carbocycles. The summed E-state index contributed by atoms with van der Waals surface area (Å²) in [6, 6.07) is 22.3. The molecule has 0 fully saturated rings. The van der Waals surface area contributed by atoms with E-state index in [4.69, 9.17) is 10.5 Å². The maximum atomic E-state index is 8.79. The first kappa shape index (κ1) is 13.6. The first-order chi connectivity index (χ1) is 10.8. The van der Waals surface area contributed by atoms with Crippen molar-refractivity contribution in [1.29, 1.82) is 10.5 Å². The fraction of sp³-hybridized carbons (Fsp3) is 0. The second-order valence-corrected chi connectivity index (χ2v) is 4.90. The van der Waals surface area contributed by atoms with Crippen molar-refractivity contribution in [2.24, 2.45) is 0 Å². The SMILES string of the molecule is N#CC(C#N)=C/C=C\c1c2ccccc2cc2ccccc12. The standard InChI is InChI=1S/C20H12N2/c21-13-15(14-22)6-5-11-20-18-9-3-1-7-16(18)12-17-8-2-4-10-19(17)20/h1-12H/b11-5-. The van der Waals surface area contributed by atoms with E-state index in [-0.39, 0.29) is 5.57 Å². The van der Waals surface area contributed by atoms with Crippen molar-refractivity contribution in [3.63, 3.8) is 0 Å². The van der Waals surface area contributed by atoms with Gasteiger partial charge in [-0.3, -0.25) is 0 Å². The van der Waals surface area contributed by atoms with E-state index in [2.05, 4.69) is 30.3 Å². The highest BCUT2D eigenvalue weighted by molar-refractivity contribution is 6.06. The summed E-state index contributed by atoms with van der Waals surface area (Å²) >= 11 is 0. The van der Waals surface area contributed by atoms with Crippen molar-refractivity contribution in [2.45, 2.75) is 0 Å². The van der Waals surface area contributed by atoms with E-state index in [9.17, 15) is 0 Å². The van der Waals surface area contributed by atoms with Crippen LogP contribution in [-0.2, 0) is 0 Å². The summed E-state index contributed by atoms with van der Waals surface area (Å²) in [5.41, 5.74) is 1.20. The maximum Gasteiger partial charge on any atom is 0.129 e. The zero-order valence-corrected chi connectivity index (χ0v) is 11.8. The van der Waals surface area contributed by atoms with Crippen LogP contribution in [0.4, 0.5) is 0 Å². The lowest BCUT2D eigenvalue weighted by atomic mass is 9.96. The van der Waals surface area contributed by atoms with Gasteiger partial charge in [-0.05, 0) is 39.3 Å². The van der Waals surface area contributed by atoms with Crippen LogP contribution in [0.25, 0.3) is 27.6 Å². The second kappa shape index (κ2) is 5.95. The van der Waals surface area contributed by atoms with Crippen LogP contribution in [0.1, 0.15) is 5.56 Å². The third-order valence-electron chi connectivity index (χ3n) is 3.58. The molecule has 0 amide bonds. The van der Waals surface area contributed by atoms with Crippen molar-refractivity contribution >= 4 is 27.6 Å². The Labute approximate surface area is 128 Å². The van der Waals surface area contributed by atoms with Crippen LogP contribution in [-0.4, -0.2) is 0 Å². The number of benzene rings is 3. The van der Waals surface area contributed by atoms with Crippen LogP contribution in [0.2, 0.25) is 0 Å². The number of hydrogen-bond donors (Lipinski definition) is 0. The molecule has 0 atom stereocenters. The number of nitriles is 2. The van der Waals surface area contributed by atoms with Crippen molar-refractivity contribution < 1.29 is 0 Å². The Bertz CT molecular complexity index is 926. The van der Waals surface area contributed by atoms with Gasteiger partial charge < -0.3 is 0 Å². The van der Waals surface area contributed by atoms with E-state index >= 15 is 0 Å². The van der Waals surface area contributed by atoms with Crippen LogP contribution < -0.4 is 0 Å². The van der Waals surface area contributed by atoms with Gasteiger partial charge in [0.1, 0.15) is 17.7 Å². The molecule has 0 unspecified atom stereocenters. The normalized spacial score (nSPS) is 10.5. The van der Waals surface area contributed by atoms with Gasteiger partial charge in [0.25, 0.3) is 0 Å². The molecule has 0 aromatic heterocycles. The Hall–Kier alpha value is -3.36. The first-order valence-electron chi connectivity index (χ1n) is 6.92. The predicted molar refractivity (Wildman–Crippen MR) is 89.8 cm³/mol. The number of nitrogens with zero attached hydrogens (tertiary/aromatic N) is 2. The molecule has 0 aliphatic carbocycles. The van der Waals surface area contributed by atoms with E-state index in [1.54, 1.807) is 6.08 Å². The molecule has 0 radical (unpaired) electrons. The van der Waals surface area contributed by atoms with Gasteiger partial charge in [0.15, 0.2) is 0 Å². The van der Waals surface area contributed by atoms with Gasteiger partial charge in [-0.25, -0.2) is 0 Å². The third-order valence-corrected chi connectivity index (χ3v) is 3.58. The van der Waals surface area contributed by atoms with Gasteiger partial charge >= 0.3 is 0 Å². The largest absolute Gasteiger partial charge is 0.192 e. The Balaban J connectivity index is 2.26. The minimum Gasteiger partial charge on any atom is -0.192 e. The summed E-state index contributed by atoms with van der Waals surface area (Å²) in [6.07, 6.45) is 5.26. The van der Waals surface area contributed by atoms with Crippen molar-refractivity contribution in [3.8, 4) is 12.1 Å². The molecule has 3 rings (SSSR count). The van der Waals surface area contributed by atoms with E-state index in [0.29, 0.717) is 0 Å². The van der Waals surface area contributed by atoms with Crippen molar-refractivity contribution in [1.82, 2.24) is 0 Å². The summed E-state index contributed by atoms with van der Waals surface area (Å²) in [4.78, 5) is 0. The molecule has 0 heterocycles. The topological polar surface area (TPSA) is 47.6 Å². The molecule has 22 heavy (non-hydrogen) atoms. The monoisotopic (exact) mass is 280 g/mol. The van der Waals surface area contributed by atoms with Crippen LogP contribution >= 0.6 is 0 Å². The highest BCUT2D eigenvalue weighted by Gasteiger charge is 2.04. The van der Waals surface area contributed by atoms with E-state index in [1.807, 2.05) is 42.5 Å². The smallest absolute Gasteiger partial charge is 0.129 e. The van der Waals surface area contributed by atoms with Crippen molar-refractivity contribution in [2.75, 3.05) is 0 Å². The predicted octanol–water partition coefficient (Wildman–Crippen LogP) is 4.98. The highest BCUT2D eigenvalue weighted by Crippen LogP contribution is 2.29. The van der Waals surface area contributed by atoms with Gasteiger partial charge in [-0.2, -0.15) is 10.5 Å². The molecule has 0 aliphatic heterocycles.